The molecule has 0 fully saturated rings. The molecule has 1 aromatic rings. The number of nitrogens with one attached hydrogen (secondary N) is 1. The zero-order valence-corrected chi connectivity index (χ0v) is 9.93. The molecule has 0 aliphatic carbocycles. The fourth-order valence-electron chi connectivity index (χ4n) is 1.46. The molecule has 3 N–H and O–H groups in total. The first-order valence-electron chi connectivity index (χ1n) is 5.17. The Bertz CT molecular complexity index is 336. The molecular weight excluding hydrogens is 231 g/mol. The predicted octanol–water partition coefficient (Wildman–Crippen LogP) is 2.41. The number of nitrogens with two attached hydrogens (primary N) is 1. The van der Waals surface area contributed by atoms with Crippen LogP contribution >= 0.6 is 11.6 Å². The molecule has 0 radical (unpaired) electrons. The molecule has 0 saturated carbocycles. The van der Waals surface area contributed by atoms with Gasteiger partial charge in [-0.25, -0.2) is 4.39 Å². The van der Waals surface area contributed by atoms with Gasteiger partial charge < -0.3 is 4.74 Å². The van der Waals surface area contributed by atoms with Crippen molar-refractivity contribution in [2.24, 2.45) is 5.84 Å². The summed E-state index contributed by atoms with van der Waals surface area (Å²) in [4.78, 5) is 0. The fourth-order valence-corrected chi connectivity index (χ4v) is 1.71. The monoisotopic (exact) mass is 246 g/mol. The van der Waals surface area contributed by atoms with Crippen LogP contribution in [0.15, 0.2) is 18.2 Å². The Morgan fingerprint density at radius 1 is 1.56 bits per heavy atom. The second-order valence-corrected chi connectivity index (χ2v) is 3.78. The van der Waals surface area contributed by atoms with Gasteiger partial charge in [-0.1, -0.05) is 11.6 Å². The average molecular weight is 247 g/mol. The summed E-state index contributed by atoms with van der Waals surface area (Å²) < 4.78 is 18.3. The predicted molar refractivity (Wildman–Crippen MR) is 62.6 cm³/mol. The van der Waals surface area contributed by atoms with Crippen LogP contribution < -0.4 is 11.3 Å². The third kappa shape index (κ3) is 3.72. The first kappa shape index (κ1) is 13.4. The van der Waals surface area contributed by atoms with E-state index in [0.717, 1.165) is 0 Å². The molecule has 0 aliphatic rings. The number of rotatable bonds is 6. The lowest BCUT2D eigenvalue weighted by atomic mass is 10.0. The van der Waals surface area contributed by atoms with E-state index in [9.17, 15) is 4.39 Å². The summed E-state index contributed by atoms with van der Waals surface area (Å²) in [6, 6.07) is 4.03. The molecule has 0 bridgehead atoms. The normalized spacial score (nSPS) is 12.8. The van der Waals surface area contributed by atoms with Gasteiger partial charge in [0.2, 0.25) is 0 Å². The van der Waals surface area contributed by atoms with E-state index < -0.39 is 0 Å². The van der Waals surface area contributed by atoms with Crippen molar-refractivity contribution < 1.29 is 9.13 Å². The molecule has 3 nitrogen and oxygen atoms in total. The van der Waals surface area contributed by atoms with Gasteiger partial charge in [0, 0.05) is 24.3 Å². The minimum Gasteiger partial charge on any atom is -0.382 e. The van der Waals surface area contributed by atoms with Gasteiger partial charge in [-0.15, -0.1) is 0 Å². The second kappa shape index (κ2) is 6.81. The molecule has 0 saturated heterocycles. The summed E-state index contributed by atoms with van der Waals surface area (Å²) in [6.45, 7) is 3.12. The van der Waals surface area contributed by atoms with Crippen molar-refractivity contribution in [2.45, 2.75) is 19.4 Å². The lowest BCUT2D eigenvalue weighted by molar-refractivity contribution is 0.136. The van der Waals surface area contributed by atoms with E-state index in [0.29, 0.717) is 30.2 Å². The van der Waals surface area contributed by atoms with Crippen LogP contribution in [0.4, 0.5) is 4.39 Å². The summed E-state index contributed by atoms with van der Waals surface area (Å²) in [5.41, 5.74) is 3.27. The van der Waals surface area contributed by atoms with Crippen LogP contribution in [0.2, 0.25) is 5.02 Å². The van der Waals surface area contributed by atoms with Gasteiger partial charge in [0.15, 0.2) is 0 Å². The van der Waals surface area contributed by atoms with Gasteiger partial charge in [-0.05, 0) is 37.1 Å². The van der Waals surface area contributed by atoms with Gasteiger partial charge in [-0.2, -0.15) is 0 Å². The van der Waals surface area contributed by atoms with Crippen LogP contribution in [0, 0.1) is 5.82 Å². The van der Waals surface area contributed by atoms with E-state index in [1.54, 1.807) is 0 Å². The SMILES string of the molecule is CCOCCC(NN)c1cc(F)ccc1Cl. The van der Waals surface area contributed by atoms with Gasteiger partial charge in [-0.3, -0.25) is 11.3 Å². The summed E-state index contributed by atoms with van der Waals surface area (Å²) in [5, 5.41) is 0.501. The van der Waals surface area contributed by atoms with Crippen molar-refractivity contribution >= 4 is 11.6 Å². The Morgan fingerprint density at radius 2 is 2.31 bits per heavy atom. The number of hydrazine groups is 1. The van der Waals surface area contributed by atoms with Crippen LogP contribution in [0.25, 0.3) is 0 Å². The molecule has 0 spiro atoms. The highest BCUT2D eigenvalue weighted by molar-refractivity contribution is 6.31. The van der Waals surface area contributed by atoms with Crippen molar-refractivity contribution in [1.29, 1.82) is 0 Å². The number of halogens is 2. The third-order valence-corrected chi connectivity index (χ3v) is 2.63. The molecule has 0 amide bonds. The Balaban J connectivity index is 2.73. The first-order valence-corrected chi connectivity index (χ1v) is 5.55. The summed E-state index contributed by atoms with van der Waals surface area (Å²) >= 11 is 5.98. The molecule has 1 rings (SSSR count). The van der Waals surface area contributed by atoms with Crippen molar-refractivity contribution in [1.82, 2.24) is 5.43 Å². The summed E-state index contributed by atoms with van der Waals surface area (Å²) in [5.74, 6) is 5.10. The third-order valence-electron chi connectivity index (χ3n) is 2.29. The van der Waals surface area contributed by atoms with E-state index >= 15 is 0 Å². The van der Waals surface area contributed by atoms with Gasteiger partial charge in [0.25, 0.3) is 0 Å². The van der Waals surface area contributed by atoms with E-state index in [2.05, 4.69) is 5.43 Å². The number of hydrogen-bond donors (Lipinski definition) is 2. The molecule has 1 aromatic carbocycles. The number of ether oxygens (including phenoxy) is 1. The maximum absolute atomic E-state index is 13.1. The summed E-state index contributed by atoms with van der Waals surface area (Å²) in [6.07, 6.45) is 0.646. The minimum atomic E-state index is -0.323. The quantitative estimate of drug-likeness (QED) is 0.460. The Morgan fingerprint density at radius 3 is 2.94 bits per heavy atom. The average Bonchev–Trinajstić information content (AvgIpc) is 2.28. The van der Waals surface area contributed by atoms with E-state index in [4.69, 9.17) is 22.2 Å². The molecule has 1 unspecified atom stereocenters. The molecule has 0 aliphatic heterocycles. The number of benzene rings is 1. The lowest BCUT2D eigenvalue weighted by Gasteiger charge is -2.17. The Kier molecular flexibility index (Phi) is 5.69. The zero-order chi connectivity index (χ0) is 12.0. The maximum atomic E-state index is 13.1. The zero-order valence-electron chi connectivity index (χ0n) is 9.17. The molecule has 0 aromatic heterocycles. The largest absolute Gasteiger partial charge is 0.382 e. The Labute approximate surface area is 99.7 Å². The molecule has 90 valence electrons. The highest BCUT2D eigenvalue weighted by Crippen LogP contribution is 2.25. The van der Waals surface area contributed by atoms with E-state index in [1.807, 2.05) is 6.92 Å². The van der Waals surface area contributed by atoms with E-state index in [1.165, 1.54) is 18.2 Å². The van der Waals surface area contributed by atoms with Crippen LogP contribution in [-0.2, 0) is 4.74 Å². The van der Waals surface area contributed by atoms with Crippen LogP contribution in [-0.4, -0.2) is 13.2 Å². The topological polar surface area (TPSA) is 47.3 Å². The highest BCUT2D eigenvalue weighted by Gasteiger charge is 2.13. The molecular formula is C11H16ClFN2O. The molecule has 1 atom stereocenters. The van der Waals surface area contributed by atoms with E-state index in [-0.39, 0.29) is 11.9 Å². The van der Waals surface area contributed by atoms with Gasteiger partial charge >= 0.3 is 0 Å². The standard InChI is InChI=1S/C11H16ClFN2O/c1-2-16-6-5-11(15-14)9-7-8(13)3-4-10(9)12/h3-4,7,11,15H,2,5-6,14H2,1H3. The summed E-state index contributed by atoms with van der Waals surface area (Å²) in [7, 11) is 0. The molecule has 5 heteroatoms. The van der Waals surface area contributed by atoms with Crippen molar-refractivity contribution in [3.63, 3.8) is 0 Å². The smallest absolute Gasteiger partial charge is 0.123 e. The van der Waals surface area contributed by atoms with Crippen molar-refractivity contribution in [3.8, 4) is 0 Å². The highest BCUT2D eigenvalue weighted by atomic mass is 35.5. The van der Waals surface area contributed by atoms with Crippen LogP contribution in [0.1, 0.15) is 24.9 Å². The van der Waals surface area contributed by atoms with Crippen molar-refractivity contribution in [2.75, 3.05) is 13.2 Å². The fraction of sp³-hybridized carbons (Fsp3) is 0.455. The maximum Gasteiger partial charge on any atom is 0.123 e. The van der Waals surface area contributed by atoms with Gasteiger partial charge in [0.1, 0.15) is 5.82 Å². The van der Waals surface area contributed by atoms with Gasteiger partial charge in [0.05, 0.1) is 0 Å². The lowest BCUT2D eigenvalue weighted by Crippen LogP contribution is -2.29. The minimum absolute atomic E-state index is 0.199. The van der Waals surface area contributed by atoms with Crippen molar-refractivity contribution in [3.05, 3.63) is 34.6 Å². The van der Waals surface area contributed by atoms with Crippen LogP contribution in [0.5, 0.6) is 0 Å². The Hall–Kier alpha value is -0.680. The van der Waals surface area contributed by atoms with Crippen LogP contribution in [0.3, 0.4) is 0 Å². The molecule has 0 heterocycles. The second-order valence-electron chi connectivity index (χ2n) is 3.37. The molecule has 16 heavy (non-hydrogen) atoms. The number of hydrogen-bond acceptors (Lipinski definition) is 3. The first-order chi connectivity index (χ1) is 7.69.